The van der Waals surface area contributed by atoms with Crippen LogP contribution in [-0.2, 0) is 7.05 Å². The van der Waals surface area contributed by atoms with Crippen LogP contribution < -0.4 is 10.1 Å². The number of likely N-dealkylation sites (tertiary alicyclic amines) is 1. The first-order chi connectivity index (χ1) is 12.2. The topological polar surface area (TPSA) is 59.4 Å². The van der Waals surface area contributed by atoms with Gasteiger partial charge in [-0.25, -0.2) is 0 Å². The first-order valence-electron chi connectivity index (χ1n) is 8.85. The lowest BCUT2D eigenvalue weighted by atomic mass is 9.99. The van der Waals surface area contributed by atoms with Crippen molar-refractivity contribution in [3.63, 3.8) is 0 Å². The average molecular weight is 340 g/mol. The number of rotatable bonds is 5. The Hall–Kier alpha value is -2.34. The van der Waals surface area contributed by atoms with Crippen LogP contribution in [0.1, 0.15) is 41.2 Å². The number of carbonyl (C=O) groups excluding carboxylic acids is 1. The molecule has 2 fully saturated rings. The van der Waals surface area contributed by atoms with E-state index in [4.69, 9.17) is 4.74 Å². The van der Waals surface area contributed by atoms with Gasteiger partial charge in [-0.3, -0.25) is 14.4 Å². The molecule has 6 heteroatoms. The number of methoxy groups -OCH3 is 1. The number of amides is 1. The number of aryl methyl sites for hydroxylation is 1. The van der Waals surface area contributed by atoms with Gasteiger partial charge in [-0.15, -0.1) is 0 Å². The van der Waals surface area contributed by atoms with Crippen molar-refractivity contribution in [1.82, 2.24) is 20.0 Å². The second-order valence-electron chi connectivity index (χ2n) is 6.96. The molecule has 6 nitrogen and oxygen atoms in total. The van der Waals surface area contributed by atoms with E-state index in [-0.39, 0.29) is 18.0 Å². The zero-order chi connectivity index (χ0) is 17.4. The molecule has 2 heterocycles. The summed E-state index contributed by atoms with van der Waals surface area (Å²) in [5.74, 6) is 0.807. The lowest BCUT2D eigenvalue weighted by molar-refractivity contribution is 0.0923. The molecule has 0 unspecified atom stereocenters. The van der Waals surface area contributed by atoms with Crippen molar-refractivity contribution >= 4 is 5.91 Å². The largest absolute Gasteiger partial charge is 0.497 e. The number of hydrogen-bond acceptors (Lipinski definition) is 4. The molecule has 1 aliphatic heterocycles. The van der Waals surface area contributed by atoms with Gasteiger partial charge in [0.25, 0.3) is 5.91 Å². The van der Waals surface area contributed by atoms with Gasteiger partial charge in [0.1, 0.15) is 5.75 Å². The minimum absolute atomic E-state index is 0.0522. The van der Waals surface area contributed by atoms with Crippen LogP contribution in [0.4, 0.5) is 0 Å². The normalized spacial score (nSPS) is 23.6. The van der Waals surface area contributed by atoms with Gasteiger partial charge < -0.3 is 10.1 Å². The zero-order valence-corrected chi connectivity index (χ0v) is 14.7. The summed E-state index contributed by atoms with van der Waals surface area (Å²) in [4.78, 5) is 15.1. The maximum atomic E-state index is 12.6. The molecule has 1 aromatic heterocycles. The van der Waals surface area contributed by atoms with Crippen LogP contribution in [0.3, 0.4) is 0 Å². The van der Waals surface area contributed by atoms with E-state index in [1.54, 1.807) is 24.2 Å². The number of benzene rings is 1. The van der Waals surface area contributed by atoms with E-state index < -0.39 is 0 Å². The zero-order valence-electron chi connectivity index (χ0n) is 14.7. The molecule has 2 aliphatic rings. The van der Waals surface area contributed by atoms with Gasteiger partial charge in [0, 0.05) is 25.8 Å². The van der Waals surface area contributed by atoms with Gasteiger partial charge in [0.05, 0.1) is 31.0 Å². The lowest BCUT2D eigenvalue weighted by Gasteiger charge is -2.29. The highest BCUT2D eigenvalue weighted by atomic mass is 16.5. The van der Waals surface area contributed by atoms with Crippen molar-refractivity contribution in [3.05, 3.63) is 47.8 Å². The van der Waals surface area contributed by atoms with Crippen molar-refractivity contribution in [2.45, 2.75) is 37.4 Å². The second kappa shape index (κ2) is 6.52. The van der Waals surface area contributed by atoms with Crippen LogP contribution in [-0.4, -0.2) is 46.3 Å². The highest BCUT2D eigenvalue weighted by molar-refractivity contribution is 5.94. The molecule has 4 rings (SSSR count). The molecule has 1 saturated carbocycles. The molecule has 1 saturated heterocycles. The van der Waals surface area contributed by atoms with Crippen LogP contribution in [0.25, 0.3) is 0 Å². The van der Waals surface area contributed by atoms with Gasteiger partial charge in [0.15, 0.2) is 0 Å². The predicted octanol–water partition coefficient (Wildman–Crippen LogP) is 2.14. The highest BCUT2D eigenvalue weighted by Gasteiger charge is 2.43. The molecule has 1 aliphatic carbocycles. The maximum Gasteiger partial charge on any atom is 0.254 e. The molecule has 132 valence electrons. The number of hydrogen-bond donors (Lipinski definition) is 1. The predicted molar refractivity (Wildman–Crippen MR) is 94.5 cm³/mol. The monoisotopic (exact) mass is 340 g/mol. The van der Waals surface area contributed by atoms with Crippen LogP contribution in [0.2, 0.25) is 0 Å². The van der Waals surface area contributed by atoms with E-state index in [9.17, 15) is 4.79 Å². The summed E-state index contributed by atoms with van der Waals surface area (Å²) < 4.78 is 7.05. The molecule has 2 aromatic rings. The molecule has 1 amide bonds. The molecule has 1 N–H and O–H groups in total. The minimum Gasteiger partial charge on any atom is -0.497 e. The Morgan fingerprint density at radius 3 is 2.84 bits per heavy atom. The summed E-state index contributed by atoms with van der Waals surface area (Å²) >= 11 is 0. The fraction of sp³-hybridized carbons (Fsp3) is 0.474. The van der Waals surface area contributed by atoms with Crippen LogP contribution in [0.15, 0.2) is 36.7 Å². The van der Waals surface area contributed by atoms with E-state index in [1.807, 2.05) is 19.2 Å². The quantitative estimate of drug-likeness (QED) is 0.906. The molecular formula is C19H24N4O2. The number of nitrogens with zero attached hydrogens (tertiary/aromatic N) is 3. The number of carbonyl (C=O) groups is 1. The Labute approximate surface area is 147 Å². The summed E-state index contributed by atoms with van der Waals surface area (Å²) in [6, 6.07) is 9.16. The van der Waals surface area contributed by atoms with E-state index in [1.165, 1.54) is 18.4 Å². The maximum absolute atomic E-state index is 12.6. The average Bonchev–Trinajstić information content (AvgIpc) is 3.24. The third-order valence-corrected chi connectivity index (χ3v) is 5.17. The summed E-state index contributed by atoms with van der Waals surface area (Å²) in [5, 5.41) is 7.33. The van der Waals surface area contributed by atoms with Gasteiger partial charge in [-0.1, -0.05) is 12.1 Å². The molecule has 1 aromatic carbocycles. The van der Waals surface area contributed by atoms with Gasteiger partial charge in [-0.2, -0.15) is 5.10 Å². The fourth-order valence-corrected chi connectivity index (χ4v) is 3.82. The lowest BCUT2D eigenvalue weighted by Crippen LogP contribution is -2.40. The van der Waals surface area contributed by atoms with Gasteiger partial charge in [0.2, 0.25) is 0 Å². The number of ether oxygens (including phenoxy) is 1. The van der Waals surface area contributed by atoms with Gasteiger partial charge >= 0.3 is 0 Å². The second-order valence-corrected chi connectivity index (χ2v) is 6.96. The highest BCUT2D eigenvalue weighted by Crippen LogP contribution is 2.41. The standard InChI is InChI=1S/C19H24N4O2/c1-22-12-14(11-20-22)19(24)21-17-8-9-23(15-6-7-15)18(17)13-4-3-5-16(10-13)25-2/h3-5,10-12,15,17-18H,6-9H2,1-2H3,(H,21,24)/t17-,18+/m1/s1. The first kappa shape index (κ1) is 16.1. The Balaban J connectivity index is 1.58. The number of nitrogens with one attached hydrogen (secondary N) is 1. The molecule has 0 spiro atoms. The molecule has 2 atom stereocenters. The van der Waals surface area contributed by atoms with Crippen molar-refractivity contribution in [3.8, 4) is 5.75 Å². The molecular weight excluding hydrogens is 316 g/mol. The van der Waals surface area contributed by atoms with E-state index in [0.717, 1.165) is 18.7 Å². The summed E-state index contributed by atoms with van der Waals surface area (Å²) in [7, 11) is 3.51. The minimum atomic E-state index is -0.0522. The van der Waals surface area contributed by atoms with Crippen LogP contribution in [0, 0.1) is 0 Å². The Bertz CT molecular complexity index is 768. The molecule has 0 radical (unpaired) electrons. The fourth-order valence-electron chi connectivity index (χ4n) is 3.82. The molecule has 25 heavy (non-hydrogen) atoms. The first-order valence-corrected chi connectivity index (χ1v) is 8.85. The van der Waals surface area contributed by atoms with E-state index in [0.29, 0.717) is 11.6 Å². The van der Waals surface area contributed by atoms with Crippen molar-refractivity contribution in [2.24, 2.45) is 7.05 Å². The third kappa shape index (κ3) is 3.26. The Morgan fingerprint density at radius 1 is 1.32 bits per heavy atom. The smallest absolute Gasteiger partial charge is 0.254 e. The van der Waals surface area contributed by atoms with Crippen molar-refractivity contribution in [1.29, 1.82) is 0 Å². The van der Waals surface area contributed by atoms with Crippen LogP contribution in [0.5, 0.6) is 5.75 Å². The SMILES string of the molecule is COc1cccc([C@H]2[C@H](NC(=O)c3cnn(C)c3)CCN2C2CC2)c1. The number of aromatic nitrogens is 2. The van der Waals surface area contributed by atoms with Crippen molar-refractivity contribution < 1.29 is 9.53 Å². The Morgan fingerprint density at radius 2 is 2.16 bits per heavy atom. The van der Waals surface area contributed by atoms with Crippen molar-refractivity contribution in [2.75, 3.05) is 13.7 Å². The third-order valence-electron chi connectivity index (χ3n) is 5.17. The Kier molecular flexibility index (Phi) is 4.21. The molecule has 0 bridgehead atoms. The summed E-state index contributed by atoms with van der Waals surface area (Å²) in [6.07, 6.45) is 6.84. The van der Waals surface area contributed by atoms with Gasteiger partial charge in [-0.05, 0) is 37.0 Å². The van der Waals surface area contributed by atoms with E-state index in [2.05, 4.69) is 27.4 Å². The summed E-state index contributed by atoms with van der Waals surface area (Å²) in [6.45, 7) is 1.02. The van der Waals surface area contributed by atoms with Crippen LogP contribution >= 0.6 is 0 Å². The summed E-state index contributed by atoms with van der Waals surface area (Å²) in [5.41, 5.74) is 1.82. The van der Waals surface area contributed by atoms with E-state index >= 15 is 0 Å².